The van der Waals surface area contributed by atoms with Gasteiger partial charge in [-0.25, -0.2) is 9.97 Å². The maximum absolute atomic E-state index is 5.77. The molecular formula is C13H18N4. The summed E-state index contributed by atoms with van der Waals surface area (Å²) in [5.41, 5.74) is 7.40. The van der Waals surface area contributed by atoms with Gasteiger partial charge in [0.25, 0.3) is 0 Å². The van der Waals surface area contributed by atoms with Crippen LogP contribution < -0.4 is 10.6 Å². The van der Waals surface area contributed by atoms with Crippen LogP contribution in [0.2, 0.25) is 0 Å². The molecule has 0 fully saturated rings. The number of nitrogens with two attached hydrogens (primary N) is 1. The van der Waals surface area contributed by atoms with Gasteiger partial charge in [-0.3, -0.25) is 0 Å². The van der Waals surface area contributed by atoms with Gasteiger partial charge in [-0.1, -0.05) is 0 Å². The highest BCUT2D eigenvalue weighted by Crippen LogP contribution is 2.25. The molecule has 0 aliphatic heterocycles. The van der Waals surface area contributed by atoms with Gasteiger partial charge in [0.15, 0.2) is 0 Å². The molecule has 1 heterocycles. The largest absolute Gasteiger partial charge is 0.399 e. The van der Waals surface area contributed by atoms with Gasteiger partial charge < -0.3 is 10.6 Å². The smallest absolute Gasteiger partial charge is 0.140 e. The number of nitrogens with zero attached hydrogens (tertiary/aromatic N) is 3. The van der Waals surface area contributed by atoms with E-state index >= 15 is 0 Å². The number of hydrogen-bond donors (Lipinski definition) is 1. The second-order valence-corrected chi connectivity index (χ2v) is 4.35. The van der Waals surface area contributed by atoms with Gasteiger partial charge in [-0.2, -0.15) is 0 Å². The first kappa shape index (κ1) is 11.6. The molecule has 17 heavy (non-hydrogen) atoms. The van der Waals surface area contributed by atoms with E-state index in [1.807, 2.05) is 18.2 Å². The van der Waals surface area contributed by atoms with E-state index in [2.05, 4.69) is 35.6 Å². The number of benzene rings is 1. The molecule has 0 spiro atoms. The summed E-state index contributed by atoms with van der Waals surface area (Å²) in [6, 6.07) is 6.18. The molecule has 4 heteroatoms. The van der Waals surface area contributed by atoms with Crippen molar-refractivity contribution in [1.82, 2.24) is 9.97 Å². The summed E-state index contributed by atoms with van der Waals surface area (Å²) in [5, 5.41) is 1.05. The average Bonchev–Trinajstić information content (AvgIpc) is 2.29. The third-order valence-corrected chi connectivity index (χ3v) is 2.88. The predicted molar refractivity (Wildman–Crippen MR) is 72.1 cm³/mol. The van der Waals surface area contributed by atoms with Gasteiger partial charge in [-0.15, -0.1) is 0 Å². The fourth-order valence-electron chi connectivity index (χ4n) is 2.05. The molecule has 0 aliphatic carbocycles. The van der Waals surface area contributed by atoms with Crippen molar-refractivity contribution in [3.8, 4) is 0 Å². The molecule has 0 saturated heterocycles. The molecule has 0 unspecified atom stereocenters. The zero-order valence-electron chi connectivity index (χ0n) is 10.5. The van der Waals surface area contributed by atoms with Gasteiger partial charge in [-0.05, 0) is 39.0 Å². The van der Waals surface area contributed by atoms with E-state index in [4.69, 9.17) is 5.73 Å². The Morgan fingerprint density at radius 1 is 1.29 bits per heavy atom. The SMILES string of the molecule is CCN(c1ncnc2cc(N)ccc12)C(C)C. The second kappa shape index (κ2) is 4.57. The van der Waals surface area contributed by atoms with Crippen molar-refractivity contribution in [2.24, 2.45) is 0 Å². The predicted octanol–water partition coefficient (Wildman–Crippen LogP) is 2.45. The number of rotatable bonds is 3. The highest BCUT2D eigenvalue weighted by atomic mass is 15.2. The summed E-state index contributed by atoms with van der Waals surface area (Å²) < 4.78 is 0. The van der Waals surface area contributed by atoms with Gasteiger partial charge in [0.05, 0.1) is 5.52 Å². The van der Waals surface area contributed by atoms with Gasteiger partial charge >= 0.3 is 0 Å². The van der Waals surface area contributed by atoms with Crippen LogP contribution in [0.25, 0.3) is 10.9 Å². The zero-order valence-corrected chi connectivity index (χ0v) is 10.5. The Morgan fingerprint density at radius 2 is 2.06 bits per heavy atom. The van der Waals surface area contributed by atoms with Crippen molar-refractivity contribution < 1.29 is 0 Å². The summed E-state index contributed by atoms with van der Waals surface area (Å²) in [5.74, 6) is 0.979. The van der Waals surface area contributed by atoms with Crippen molar-refractivity contribution in [2.45, 2.75) is 26.8 Å². The average molecular weight is 230 g/mol. The van der Waals surface area contributed by atoms with E-state index in [1.165, 1.54) is 0 Å². The standard InChI is InChI=1S/C13H18N4/c1-4-17(9(2)3)13-11-6-5-10(14)7-12(11)15-8-16-13/h5-9H,4,14H2,1-3H3. The molecule has 90 valence electrons. The highest BCUT2D eigenvalue weighted by Gasteiger charge is 2.13. The van der Waals surface area contributed by atoms with Crippen molar-refractivity contribution in [3.63, 3.8) is 0 Å². The Bertz CT molecular complexity index is 522. The van der Waals surface area contributed by atoms with Crippen molar-refractivity contribution in [2.75, 3.05) is 17.2 Å². The van der Waals surface area contributed by atoms with Crippen LogP contribution in [0.5, 0.6) is 0 Å². The molecule has 2 aromatic rings. The van der Waals surface area contributed by atoms with Crippen LogP contribution in [0.4, 0.5) is 11.5 Å². The Labute approximate surface area is 101 Å². The van der Waals surface area contributed by atoms with E-state index in [0.29, 0.717) is 6.04 Å². The summed E-state index contributed by atoms with van der Waals surface area (Å²) in [6.07, 6.45) is 1.60. The van der Waals surface area contributed by atoms with Gasteiger partial charge in [0.2, 0.25) is 0 Å². The Morgan fingerprint density at radius 3 is 2.71 bits per heavy atom. The van der Waals surface area contributed by atoms with Crippen molar-refractivity contribution in [3.05, 3.63) is 24.5 Å². The fourth-order valence-corrected chi connectivity index (χ4v) is 2.05. The first-order chi connectivity index (χ1) is 8.13. The summed E-state index contributed by atoms with van der Waals surface area (Å²) in [6.45, 7) is 7.38. The molecule has 0 aliphatic rings. The number of aromatic nitrogens is 2. The molecule has 1 aromatic carbocycles. The maximum Gasteiger partial charge on any atom is 0.140 e. The van der Waals surface area contributed by atoms with Crippen LogP contribution in [0.15, 0.2) is 24.5 Å². The molecule has 4 nitrogen and oxygen atoms in total. The molecule has 0 amide bonds. The fraction of sp³-hybridized carbons (Fsp3) is 0.385. The highest BCUT2D eigenvalue weighted by molar-refractivity contribution is 5.91. The minimum Gasteiger partial charge on any atom is -0.399 e. The summed E-state index contributed by atoms with van der Waals surface area (Å²) >= 11 is 0. The van der Waals surface area contributed by atoms with Crippen LogP contribution in [0.1, 0.15) is 20.8 Å². The lowest BCUT2D eigenvalue weighted by molar-refractivity contribution is 0.695. The monoisotopic (exact) mass is 230 g/mol. The second-order valence-electron chi connectivity index (χ2n) is 4.35. The van der Waals surface area contributed by atoms with E-state index in [-0.39, 0.29) is 0 Å². The van der Waals surface area contributed by atoms with Crippen LogP contribution in [-0.2, 0) is 0 Å². The maximum atomic E-state index is 5.77. The van der Waals surface area contributed by atoms with Crippen molar-refractivity contribution >= 4 is 22.4 Å². The first-order valence-corrected chi connectivity index (χ1v) is 5.90. The minimum atomic E-state index is 0.413. The Kier molecular flexibility index (Phi) is 3.13. The number of hydrogen-bond acceptors (Lipinski definition) is 4. The lowest BCUT2D eigenvalue weighted by Gasteiger charge is -2.27. The number of nitrogen functional groups attached to an aromatic ring is 1. The van der Waals surface area contributed by atoms with Gasteiger partial charge in [0.1, 0.15) is 12.1 Å². The molecule has 0 bridgehead atoms. The topological polar surface area (TPSA) is 55.0 Å². The first-order valence-electron chi connectivity index (χ1n) is 5.90. The Hall–Kier alpha value is -1.84. The molecule has 0 saturated carbocycles. The summed E-state index contributed by atoms with van der Waals surface area (Å²) in [4.78, 5) is 10.9. The van der Waals surface area contributed by atoms with E-state index in [1.54, 1.807) is 6.33 Å². The Balaban J connectivity index is 2.61. The lowest BCUT2D eigenvalue weighted by atomic mass is 10.2. The van der Waals surface area contributed by atoms with Gasteiger partial charge in [0, 0.05) is 23.7 Å². The number of fused-ring (bicyclic) bond motifs is 1. The molecule has 2 N–H and O–H groups in total. The zero-order chi connectivity index (χ0) is 12.4. The molecule has 2 rings (SSSR count). The molecule has 1 aromatic heterocycles. The van der Waals surface area contributed by atoms with E-state index in [9.17, 15) is 0 Å². The van der Waals surface area contributed by atoms with Crippen molar-refractivity contribution in [1.29, 1.82) is 0 Å². The normalized spacial score (nSPS) is 11.1. The summed E-state index contributed by atoms with van der Waals surface area (Å²) in [7, 11) is 0. The minimum absolute atomic E-state index is 0.413. The van der Waals surface area contributed by atoms with Crippen LogP contribution >= 0.6 is 0 Å². The molecule has 0 atom stereocenters. The third-order valence-electron chi connectivity index (χ3n) is 2.88. The third kappa shape index (κ3) is 2.16. The van der Waals surface area contributed by atoms with Crippen LogP contribution in [0, 0.1) is 0 Å². The molecular weight excluding hydrogens is 212 g/mol. The quantitative estimate of drug-likeness (QED) is 0.823. The van der Waals surface area contributed by atoms with E-state index in [0.717, 1.165) is 29.0 Å². The van der Waals surface area contributed by atoms with Crippen LogP contribution in [0.3, 0.4) is 0 Å². The van der Waals surface area contributed by atoms with E-state index < -0.39 is 0 Å². The number of anilines is 2. The molecule has 0 radical (unpaired) electrons. The van der Waals surface area contributed by atoms with Crippen LogP contribution in [-0.4, -0.2) is 22.6 Å². The lowest BCUT2D eigenvalue weighted by Crippen LogP contribution is -2.31.